The summed E-state index contributed by atoms with van der Waals surface area (Å²) < 4.78 is 6.86. The molecule has 1 unspecified atom stereocenters. The number of nitrogens with one attached hydrogen (secondary N) is 1. The zero-order valence-electron chi connectivity index (χ0n) is 11.6. The molecule has 0 spiro atoms. The van der Waals surface area contributed by atoms with Crippen molar-refractivity contribution >= 4 is 15.9 Å². The maximum Gasteiger partial charge on any atom is 0.119 e. The van der Waals surface area contributed by atoms with Crippen LogP contribution in [0.4, 0.5) is 0 Å². The van der Waals surface area contributed by atoms with Crippen LogP contribution < -0.4 is 10.1 Å². The second kappa shape index (κ2) is 7.88. The molecule has 0 aliphatic carbocycles. The zero-order chi connectivity index (χ0) is 13.5. The Morgan fingerprint density at radius 1 is 1.37 bits per heavy atom. The average Bonchev–Trinajstić information content (AvgIpc) is 2.93. The summed E-state index contributed by atoms with van der Waals surface area (Å²) in [7, 11) is 0. The van der Waals surface area contributed by atoms with Gasteiger partial charge in [-0.05, 0) is 50.2 Å². The monoisotopic (exact) mass is 326 g/mol. The molecule has 1 aromatic carbocycles. The maximum atomic E-state index is 5.77. The number of likely N-dealkylation sites (N-methyl/N-ethyl adjacent to an activating group) is 1. The Balaban J connectivity index is 1.69. The summed E-state index contributed by atoms with van der Waals surface area (Å²) >= 11 is 3.43. The molecule has 1 atom stereocenters. The number of hydrogen-bond donors (Lipinski definition) is 1. The lowest BCUT2D eigenvalue weighted by Gasteiger charge is -2.24. The molecule has 1 N–H and O–H groups in total. The molecule has 1 aliphatic rings. The van der Waals surface area contributed by atoms with Crippen molar-refractivity contribution in [3.63, 3.8) is 0 Å². The van der Waals surface area contributed by atoms with E-state index >= 15 is 0 Å². The fourth-order valence-corrected chi connectivity index (χ4v) is 2.69. The predicted octanol–water partition coefficient (Wildman–Crippen LogP) is 2.90. The summed E-state index contributed by atoms with van der Waals surface area (Å²) in [6.45, 7) is 7.36. The molecule has 4 heteroatoms. The third-order valence-corrected chi connectivity index (χ3v) is 4.11. The summed E-state index contributed by atoms with van der Waals surface area (Å²) in [4.78, 5) is 2.46. The van der Waals surface area contributed by atoms with Gasteiger partial charge in [-0.1, -0.05) is 22.9 Å². The molecular weight excluding hydrogens is 304 g/mol. The van der Waals surface area contributed by atoms with E-state index in [0.29, 0.717) is 6.04 Å². The van der Waals surface area contributed by atoms with E-state index in [1.807, 2.05) is 24.3 Å². The second-order valence-electron chi connectivity index (χ2n) is 4.99. The van der Waals surface area contributed by atoms with Crippen LogP contribution in [0.1, 0.15) is 19.8 Å². The van der Waals surface area contributed by atoms with Crippen LogP contribution in [0, 0.1) is 0 Å². The van der Waals surface area contributed by atoms with Crippen LogP contribution in [0.15, 0.2) is 28.7 Å². The van der Waals surface area contributed by atoms with Gasteiger partial charge in [0.1, 0.15) is 12.4 Å². The molecule has 106 valence electrons. The fourth-order valence-electron chi connectivity index (χ4n) is 2.43. The highest BCUT2D eigenvalue weighted by Crippen LogP contribution is 2.16. The van der Waals surface area contributed by atoms with Crippen LogP contribution in [0.5, 0.6) is 5.75 Å². The van der Waals surface area contributed by atoms with Gasteiger partial charge in [0.05, 0.1) is 0 Å². The summed E-state index contributed by atoms with van der Waals surface area (Å²) in [5, 5.41) is 3.55. The minimum atomic E-state index is 0.674. The largest absolute Gasteiger partial charge is 0.492 e. The molecule has 0 bridgehead atoms. The van der Waals surface area contributed by atoms with Crippen molar-refractivity contribution < 1.29 is 4.74 Å². The van der Waals surface area contributed by atoms with Crippen LogP contribution in [-0.2, 0) is 0 Å². The first kappa shape index (κ1) is 14.8. The van der Waals surface area contributed by atoms with Gasteiger partial charge in [0.2, 0.25) is 0 Å². The molecule has 1 aromatic rings. The van der Waals surface area contributed by atoms with Crippen LogP contribution >= 0.6 is 15.9 Å². The third kappa shape index (κ3) is 5.13. The average molecular weight is 327 g/mol. The van der Waals surface area contributed by atoms with E-state index in [2.05, 4.69) is 33.1 Å². The van der Waals surface area contributed by atoms with E-state index in [1.165, 1.54) is 19.4 Å². The number of rotatable bonds is 7. The van der Waals surface area contributed by atoms with Gasteiger partial charge >= 0.3 is 0 Å². The standard InChI is InChI=1S/C15H23BrN2O/c1-2-18(12-14-4-3-9-17-14)10-11-19-15-7-5-13(16)6-8-15/h5-8,14,17H,2-4,9-12H2,1H3. The van der Waals surface area contributed by atoms with Crippen molar-refractivity contribution in [2.24, 2.45) is 0 Å². The molecule has 0 aromatic heterocycles. The van der Waals surface area contributed by atoms with Crippen molar-refractivity contribution in [2.45, 2.75) is 25.8 Å². The highest BCUT2D eigenvalue weighted by molar-refractivity contribution is 9.10. The van der Waals surface area contributed by atoms with Gasteiger partial charge in [-0.25, -0.2) is 0 Å². The van der Waals surface area contributed by atoms with Crippen molar-refractivity contribution in [1.82, 2.24) is 10.2 Å². The molecule has 0 amide bonds. The number of ether oxygens (including phenoxy) is 1. The van der Waals surface area contributed by atoms with E-state index in [0.717, 1.165) is 36.5 Å². The molecule has 19 heavy (non-hydrogen) atoms. The van der Waals surface area contributed by atoms with E-state index in [1.54, 1.807) is 0 Å². The Morgan fingerprint density at radius 3 is 2.79 bits per heavy atom. The van der Waals surface area contributed by atoms with E-state index in [4.69, 9.17) is 4.74 Å². The lowest BCUT2D eigenvalue weighted by molar-refractivity contribution is 0.203. The van der Waals surface area contributed by atoms with Gasteiger partial charge in [0.15, 0.2) is 0 Å². The summed E-state index contributed by atoms with van der Waals surface area (Å²) in [6, 6.07) is 8.69. The summed E-state index contributed by atoms with van der Waals surface area (Å²) in [6.07, 6.45) is 2.63. The molecular formula is C15H23BrN2O. The molecule has 1 fully saturated rings. The number of halogens is 1. The Morgan fingerprint density at radius 2 is 2.16 bits per heavy atom. The minimum Gasteiger partial charge on any atom is -0.492 e. The van der Waals surface area contributed by atoms with Crippen LogP contribution in [0.3, 0.4) is 0 Å². The Labute approximate surface area is 124 Å². The Hall–Kier alpha value is -0.580. The molecule has 0 radical (unpaired) electrons. The number of nitrogens with zero attached hydrogens (tertiary/aromatic N) is 1. The third-order valence-electron chi connectivity index (χ3n) is 3.58. The second-order valence-corrected chi connectivity index (χ2v) is 5.90. The predicted molar refractivity (Wildman–Crippen MR) is 82.8 cm³/mol. The molecule has 2 rings (SSSR count). The van der Waals surface area contributed by atoms with Gasteiger partial charge in [-0.15, -0.1) is 0 Å². The smallest absolute Gasteiger partial charge is 0.119 e. The van der Waals surface area contributed by atoms with E-state index < -0.39 is 0 Å². The van der Waals surface area contributed by atoms with Crippen molar-refractivity contribution in [3.05, 3.63) is 28.7 Å². The minimum absolute atomic E-state index is 0.674. The van der Waals surface area contributed by atoms with Crippen LogP contribution in [-0.4, -0.2) is 43.7 Å². The van der Waals surface area contributed by atoms with Crippen LogP contribution in [0.2, 0.25) is 0 Å². The SMILES string of the molecule is CCN(CCOc1ccc(Br)cc1)CC1CCCN1. The lowest BCUT2D eigenvalue weighted by Crippen LogP contribution is -2.39. The van der Waals surface area contributed by atoms with Crippen molar-refractivity contribution in [2.75, 3.05) is 32.8 Å². The van der Waals surface area contributed by atoms with Crippen molar-refractivity contribution in [3.8, 4) is 5.75 Å². The molecule has 3 nitrogen and oxygen atoms in total. The highest BCUT2D eigenvalue weighted by Gasteiger charge is 2.16. The maximum absolute atomic E-state index is 5.77. The Bertz CT molecular complexity index is 363. The quantitative estimate of drug-likeness (QED) is 0.833. The first-order chi connectivity index (χ1) is 9.28. The number of benzene rings is 1. The number of hydrogen-bond acceptors (Lipinski definition) is 3. The molecule has 1 heterocycles. The van der Waals surface area contributed by atoms with Gasteiger partial charge in [-0.3, -0.25) is 4.90 Å². The first-order valence-electron chi connectivity index (χ1n) is 7.12. The summed E-state index contributed by atoms with van der Waals surface area (Å²) in [5.74, 6) is 0.943. The molecule has 1 aliphatic heterocycles. The highest BCUT2D eigenvalue weighted by atomic mass is 79.9. The lowest BCUT2D eigenvalue weighted by atomic mass is 10.2. The zero-order valence-corrected chi connectivity index (χ0v) is 13.2. The fraction of sp³-hybridized carbons (Fsp3) is 0.600. The van der Waals surface area contributed by atoms with Crippen molar-refractivity contribution in [1.29, 1.82) is 0 Å². The van der Waals surface area contributed by atoms with Gasteiger partial charge < -0.3 is 10.1 Å². The molecule has 1 saturated heterocycles. The Kier molecular flexibility index (Phi) is 6.14. The van der Waals surface area contributed by atoms with Gasteiger partial charge in [0, 0.05) is 23.6 Å². The topological polar surface area (TPSA) is 24.5 Å². The van der Waals surface area contributed by atoms with E-state index in [-0.39, 0.29) is 0 Å². The van der Waals surface area contributed by atoms with E-state index in [9.17, 15) is 0 Å². The van der Waals surface area contributed by atoms with Gasteiger partial charge in [-0.2, -0.15) is 0 Å². The molecule has 0 saturated carbocycles. The first-order valence-corrected chi connectivity index (χ1v) is 7.91. The normalized spacial score (nSPS) is 19.0. The van der Waals surface area contributed by atoms with Gasteiger partial charge in [0.25, 0.3) is 0 Å². The summed E-state index contributed by atoms with van der Waals surface area (Å²) in [5.41, 5.74) is 0. The van der Waals surface area contributed by atoms with Crippen LogP contribution in [0.25, 0.3) is 0 Å².